The summed E-state index contributed by atoms with van der Waals surface area (Å²) >= 11 is 0. The van der Waals surface area contributed by atoms with Crippen LogP contribution < -0.4 is 5.32 Å². The summed E-state index contributed by atoms with van der Waals surface area (Å²) in [5, 5.41) is 2.96. The van der Waals surface area contributed by atoms with Gasteiger partial charge in [0.05, 0.1) is 13.2 Å². The van der Waals surface area contributed by atoms with Crippen LogP contribution in [0, 0.1) is 5.92 Å². The van der Waals surface area contributed by atoms with Gasteiger partial charge in [-0.2, -0.15) is 0 Å². The topological polar surface area (TPSA) is 47.6 Å². The Morgan fingerprint density at radius 3 is 2.83 bits per heavy atom. The van der Waals surface area contributed by atoms with Crippen LogP contribution in [0.3, 0.4) is 0 Å². The van der Waals surface area contributed by atoms with Crippen molar-refractivity contribution in [2.45, 2.75) is 57.6 Å². The summed E-state index contributed by atoms with van der Waals surface area (Å²) in [5.41, 5.74) is 0. The number of rotatable bonds is 7. The van der Waals surface area contributed by atoms with E-state index >= 15 is 0 Å². The van der Waals surface area contributed by atoms with Gasteiger partial charge < -0.3 is 14.8 Å². The molecule has 0 spiro atoms. The fourth-order valence-corrected chi connectivity index (χ4v) is 2.64. The molecular formula is C14H27NO3. The van der Waals surface area contributed by atoms with Crippen LogP contribution in [-0.2, 0) is 14.3 Å². The molecule has 0 aromatic heterocycles. The Morgan fingerprint density at radius 2 is 2.22 bits per heavy atom. The van der Waals surface area contributed by atoms with Crippen molar-refractivity contribution in [3.63, 3.8) is 0 Å². The van der Waals surface area contributed by atoms with E-state index in [9.17, 15) is 4.79 Å². The summed E-state index contributed by atoms with van der Waals surface area (Å²) in [4.78, 5) is 11.4. The van der Waals surface area contributed by atoms with E-state index in [1.807, 2.05) is 0 Å². The second kappa shape index (κ2) is 8.48. The Morgan fingerprint density at radius 1 is 1.44 bits per heavy atom. The van der Waals surface area contributed by atoms with Crippen LogP contribution in [0.5, 0.6) is 0 Å². The van der Waals surface area contributed by atoms with Gasteiger partial charge in [0.15, 0.2) is 0 Å². The molecule has 0 radical (unpaired) electrons. The van der Waals surface area contributed by atoms with E-state index in [0.717, 1.165) is 5.92 Å². The molecule has 1 aliphatic carbocycles. The minimum Gasteiger partial charge on any atom is -0.468 e. The third-order valence-electron chi connectivity index (χ3n) is 3.91. The van der Waals surface area contributed by atoms with Crippen LogP contribution in [0.1, 0.15) is 45.4 Å². The third-order valence-corrected chi connectivity index (χ3v) is 3.91. The normalized spacial score (nSPS) is 25.7. The lowest BCUT2D eigenvalue weighted by molar-refractivity contribution is -0.143. The van der Waals surface area contributed by atoms with Gasteiger partial charge >= 0.3 is 5.97 Å². The molecule has 4 heteroatoms. The predicted octanol–water partition coefficient (Wildman–Crippen LogP) is 2.12. The number of hydrogen-bond acceptors (Lipinski definition) is 4. The predicted molar refractivity (Wildman–Crippen MR) is 71.5 cm³/mol. The molecule has 1 rings (SSSR count). The number of hydrogen-bond donors (Lipinski definition) is 1. The van der Waals surface area contributed by atoms with Gasteiger partial charge in [0.1, 0.15) is 6.04 Å². The number of methoxy groups -OCH3 is 1. The quantitative estimate of drug-likeness (QED) is 0.710. The molecule has 3 unspecified atom stereocenters. The maximum atomic E-state index is 11.4. The smallest absolute Gasteiger partial charge is 0.322 e. The van der Waals surface area contributed by atoms with Crippen LogP contribution >= 0.6 is 0 Å². The van der Waals surface area contributed by atoms with Crippen molar-refractivity contribution in [3.05, 3.63) is 0 Å². The zero-order chi connectivity index (χ0) is 13.4. The number of esters is 1. The van der Waals surface area contributed by atoms with Gasteiger partial charge in [0.25, 0.3) is 0 Å². The average Bonchev–Trinajstić information content (AvgIpc) is 2.43. The standard InChI is InChI=1S/C14H27NO3/c1-4-11-6-5-7-12(10-11)18-9-8-13(15-2)14(16)17-3/h11-13,15H,4-10H2,1-3H3. The van der Waals surface area contributed by atoms with Gasteiger partial charge in [0, 0.05) is 6.61 Å². The molecule has 0 aliphatic heterocycles. The second-order valence-corrected chi connectivity index (χ2v) is 5.09. The van der Waals surface area contributed by atoms with Crippen molar-refractivity contribution in [1.29, 1.82) is 0 Å². The first kappa shape index (κ1) is 15.4. The highest BCUT2D eigenvalue weighted by Gasteiger charge is 2.22. The molecule has 3 atom stereocenters. The zero-order valence-corrected chi connectivity index (χ0v) is 11.9. The minimum absolute atomic E-state index is 0.212. The van der Waals surface area contributed by atoms with Crippen molar-refractivity contribution < 1.29 is 14.3 Å². The molecule has 0 bridgehead atoms. The molecule has 18 heavy (non-hydrogen) atoms. The highest BCUT2D eigenvalue weighted by Crippen LogP contribution is 2.28. The monoisotopic (exact) mass is 257 g/mol. The molecule has 0 heterocycles. The summed E-state index contributed by atoms with van der Waals surface area (Å²) in [5.74, 6) is 0.612. The molecule has 1 aliphatic rings. The van der Waals surface area contributed by atoms with Gasteiger partial charge in [-0.15, -0.1) is 0 Å². The first-order chi connectivity index (χ1) is 8.71. The largest absolute Gasteiger partial charge is 0.468 e. The van der Waals surface area contributed by atoms with Crippen molar-refractivity contribution in [3.8, 4) is 0 Å². The fourth-order valence-electron chi connectivity index (χ4n) is 2.64. The maximum absolute atomic E-state index is 11.4. The molecular weight excluding hydrogens is 230 g/mol. The molecule has 0 aromatic rings. The average molecular weight is 257 g/mol. The Kier molecular flexibility index (Phi) is 7.28. The van der Waals surface area contributed by atoms with Crippen LogP contribution in [0.2, 0.25) is 0 Å². The lowest BCUT2D eigenvalue weighted by Gasteiger charge is -2.28. The number of ether oxygens (including phenoxy) is 2. The summed E-state index contributed by atoms with van der Waals surface area (Å²) in [6, 6.07) is -0.249. The number of carbonyl (C=O) groups excluding carboxylic acids is 1. The van der Waals surface area contributed by atoms with E-state index in [0.29, 0.717) is 19.1 Å². The Hall–Kier alpha value is -0.610. The van der Waals surface area contributed by atoms with E-state index < -0.39 is 0 Å². The summed E-state index contributed by atoms with van der Waals surface area (Å²) in [7, 11) is 3.19. The lowest BCUT2D eigenvalue weighted by Crippen LogP contribution is -2.36. The number of likely N-dealkylation sites (N-methyl/N-ethyl adjacent to an activating group) is 1. The molecule has 106 valence electrons. The van der Waals surface area contributed by atoms with Gasteiger partial charge in [-0.3, -0.25) is 4.79 Å². The lowest BCUT2D eigenvalue weighted by atomic mass is 9.85. The Balaban J connectivity index is 2.21. The van der Waals surface area contributed by atoms with Gasteiger partial charge in [0.2, 0.25) is 0 Å². The highest BCUT2D eigenvalue weighted by atomic mass is 16.5. The third kappa shape index (κ3) is 4.94. The zero-order valence-electron chi connectivity index (χ0n) is 11.9. The van der Waals surface area contributed by atoms with Gasteiger partial charge in [-0.05, 0) is 32.2 Å². The molecule has 1 saturated carbocycles. The SMILES string of the molecule is CCC1CCCC(OCCC(NC)C(=O)OC)C1. The molecule has 1 fully saturated rings. The molecule has 0 saturated heterocycles. The Labute approximate surface area is 110 Å². The second-order valence-electron chi connectivity index (χ2n) is 5.09. The first-order valence-corrected chi connectivity index (χ1v) is 7.07. The van der Waals surface area contributed by atoms with Gasteiger partial charge in [-0.25, -0.2) is 0 Å². The number of nitrogens with one attached hydrogen (secondary N) is 1. The van der Waals surface area contributed by atoms with Crippen LogP contribution in [0.4, 0.5) is 0 Å². The highest BCUT2D eigenvalue weighted by molar-refractivity contribution is 5.75. The van der Waals surface area contributed by atoms with Crippen molar-refractivity contribution >= 4 is 5.97 Å². The Bertz CT molecular complexity index is 245. The van der Waals surface area contributed by atoms with Crippen LogP contribution in [0.25, 0.3) is 0 Å². The van der Waals surface area contributed by atoms with Crippen molar-refractivity contribution in [2.75, 3.05) is 20.8 Å². The van der Waals surface area contributed by atoms with E-state index in [-0.39, 0.29) is 12.0 Å². The van der Waals surface area contributed by atoms with Crippen molar-refractivity contribution in [1.82, 2.24) is 5.32 Å². The molecule has 1 N–H and O–H groups in total. The van der Waals surface area contributed by atoms with E-state index in [4.69, 9.17) is 9.47 Å². The van der Waals surface area contributed by atoms with E-state index in [1.165, 1.54) is 39.2 Å². The molecule has 4 nitrogen and oxygen atoms in total. The van der Waals surface area contributed by atoms with Crippen LogP contribution in [0.15, 0.2) is 0 Å². The van der Waals surface area contributed by atoms with Gasteiger partial charge in [-0.1, -0.05) is 26.2 Å². The minimum atomic E-state index is -0.249. The fraction of sp³-hybridized carbons (Fsp3) is 0.929. The summed E-state index contributed by atoms with van der Waals surface area (Å²) < 4.78 is 10.6. The molecule has 0 aromatic carbocycles. The van der Waals surface area contributed by atoms with Crippen LogP contribution in [-0.4, -0.2) is 38.9 Å². The number of carbonyl (C=O) groups is 1. The van der Waals surface area contributed by atoms with E-state index in [1.54, 1.807) is 7.05 Å². The molecule has 0 amide bonds. The first-order valence-electron chi connectivity index (χ1n) is 7.07. The van der Waals surface area contributed by atoms with Crippen molar-refractivity contribution in [2.24, 2.45) is 5.92 Å². The summed E-state index contributed by atoms with van der Waals surface area (Å²) in [6.45, 7) is 2.88. The summed E-state index contributed by atoms with van der Waals surface area (Å²) in [6.07, 6.45) is 7.28. The van der Waals surface area contributed by atoms with E-state index in [2.05, 4.69) is 12.2 Å². The maximum Gasteiger partial charge on any atom is 0.322 e.